The van der Waals surface area contributed by atoms with E-state index in [1.165, 1.54) is 23.4 Å². The maximum absolute atomic E-state index is 13.8. The molecule has 25 heavy (non-hydrogen) atoms. The fourth-order valence-electron chi connectivity index (χ4n) is 2.30. The van der Waals surface area contributed by atoms with Crippen LogP contribution in [-0.2, 0) is 6.42 Å². The van der Waals surface area contributed by atoms with Gasteiger partial charge in [-0.1, -0.05) is 49.0 Å². The molecule has 2 rings (SSSR count). The van der Waals surface area contributed by atoms with Gasteiger partial charge in [0.05, 0.1) is 11.3 Å². The van der Waals surface area contributed by atoms with E-state index in [4.69, 9.17) is 0 Å². The van der Waals surface area contributed by atoms with Crippen LogP contribution in [-0.4, -0.2) is 18.6 Å². The summed E-state index contributed by atoms with van der Waals surface area (Å²) in [4.78, 5) is 4.38. The Labute approximate surface area is 165 Å². The Bertz CT molecular complexity index is 693. The van der Waals surface area contributed by atoms with Gasteiger partial charge in [0, 0.05) is 5.25 Å². The van der Waals surface area contributed by atoms with E-state index < -0.39 is 5.82 Å². The molecule has 1 aromatic carbocycles. The van der Waals surface area contributed by atoms with E-state index in [1.54, 1.807) is 0 Å². The summed E-state index contributed by atoms with van der Waals surface area (Å²) in [6.07, 6.45) is 1.41. The van der Waals surface area contributed by atoms with Crippen LogP contribution < -0.4 is 5.32 Å². The van der Waals surface area contributed by atoms with Gasteiger partial charge in [-0.2, -0.15) is 5.26 Å². The van der Waals surface area contributed by atoms with Crippen molar-refractivity contribution in [2.75, 3.05) is 13.6 Å². The molecular weight excluding hydrogens is 380 g/mol. The summed E-state index contributed by atoms with van der Waals surface area (Å²) in [6, 6.07) is 13.5. The van der Waals surface area contributed by atoms with Gasteiger partial charge in [0.25, 0.3) is 0 Å². The van der Waals surface area contributed by atoms with Crippen LogP contribution in [0.2, 0.25) is 0 Å². The first-order valence-corrected chi connectivity index (χ1v) is 8.53. The molecule has 0 amide bonds. The molecule has 0 aliphatic carbocycles. The number of nitrogens with one attached hydrogen (secondary N) is 1. The third kappa shape index (κ3) is 6.48. The maximum Gasteiger partial charge on any atom is 0.146 e. The van der Waals surface area contributed by atoms with E-state index in [0.29, 0.717) is 22.7 Å². The van der Waals surface area contributed by atoms with Gasteiger partial charge in [-0.3, -0.25) is 0 Å². The average molecular weight is 402 g/mol. The minimum Gasteiger partial charge on any atom is -0.320 e. The van der Waals surface area contributed by atoms with Crippen molar-refractivity contribution in [2.45, 2.75) is 30.0 Å². The number of benzene rings is 1. The van der Waals surface area contributed by atoms with Gasteiger partial charge in [0.2, 0.25) is 0 Å². The van der Waals surface area contributed by atoms with Crippen molar-refractivity contribution in [3.8, 4) is 6.07 Å². The van der Waals surface area contributed by atoms with Crippen molar-refractivity contribution in [2.24, 2.45) is 0 Å². The van der Waals surface area contributed by atoms with Crippen molar-refractivity contribution in [3.63, 3.8) is 0 Å². The zero-order valence-electron chi connectivity index (χ0n) is 14.2. The Hall–Kier alpha value is -1.32. The summed E-state index contributed by atoms with van der Waals surface area (Å²) in [5.74, 6) is -0.403. The first-order valence-electron chi connectivity index (χ1n) is 7.65. The molecule has 2 aromatic rings. The van der Waals surface area contributed by atoms with Gasteiger partial charge < -0.3 is 5.32 Å². The van der Waals surface area contributed by atoms with E-state index >= 15 is 0 Å². The largest absolute Gasteiger partial charge is 0.320 e. The first kappa shape index (κ1) is 23.7. The Balaban J connectivity index is 0.00000288. The highest BCUT2D eigenvalue weighted by Crippen LogP contribution is 2.38. The fraction of sp³-hybridized carbons (Fsp3) is 0.333. The lowest BCUT2D eigenvalue weighted by atomic mass is 10.1. The second-order valence-corrected chi connectivity index (χ2v) is 6.34. The molecule has 0 fully saturated rings. The minimum absolute atomic E-state index is 0. The monoisotopic (exact) mass is 401 g/mol. The van der Waals surface area contributed by atoms with E-state index in [9.17, 15) is 9.65 Å². The molecule has 1 N–H and O–H groups in total. The minimum atomic E-state index is -0.403. The Kier molecular flexibility index (Phi) is 11.5. The second-order valence-electron chi connectivity index (χ2n) is 5.14. The summed E-state index contributed by atoms with van der Waals surface area (Å²) in [5, 5.41) is 13.2. The summed E-state index contributed by atoms with van der Waals surface area (Å²) in [7, 11) is 1.92. The van der Waals surface area contributed by atoms with Crippen LogP contribution in [0.25, 0.3) is 0 Å². The van der Waals surface area contributed by atoms with Gasteiger partial charge in [-0.15, -0.1) is 24.8 Å². The van der Waals surface area contributed by atoms with Crippen LogP contribution in [0, 0.1) is 17.1 Å². The third-order valence-corrected chi connectivity index (χ3v) is 4.88. The molecule has 0 saturated heterocycles. The molecule has 0 spiro atoms. The van der Waals surface area contributed by atoms with Crippen LogP contribution in [0.5, 0.6) is 0 Å². The van der Waals surface area contributed by atoms with Gasteiger partial charge in [-0.05, 0) is 38.1 Å². The fourth-order valence-corrected chi connectivity index (χ4v) is 3.49. The topological polar surface area (TPSA) is 48.7 Å². The highest BCUT2D eigenvalue weighted by atomic mass is 35.5. The lowest BCUT2D eigenvalue weighted by Crippen LogP contribution is -2.11. The molecule has 0 saturated carbocycles. The zero-order valence-corrected chi connectivity index (χ0v) is 16.6. The molecule has 0 unspecified atom stereocenters. The highest BCUT2D eigenvalue weighted by molar-refractivity contribution is 7.99. The third-order valence-electron chi connectivity index (χ3n) is 3.55. The Morgan fingerprint density at radius 2 is 1.96 bits per heavy atom. The van der Waals surface area contributed by atoms with Crippen molar-refractivity contribution < 1.29 is 4.39 Å². The van der Waals surface area contributed by atoms with Gasteiger partial charge in [0.1, 0.15) is 16.9 Å². The smallest absolute Gasteiger partial charge is 0.146 e. The van der Waals surface area contributed by atoms with Gasteiger partial charge in [0.15, 0.2) is 0 Å². The van der Waals surface area contributed by atoms with Crippen LogP contribution >= 0.6 is 36.6 Å². The number of hydrogen-bond acceptors (Lipinski definition) is 4. The van der Waals surface area contributed by atoms with Crippen molar-refractivity contribution in [1.82, 2.24) is 10.3 Å². The summed E-state index contributed by atoms with van der Waals surface area (Å²) >= 11 is 1.53. The van der Waals surface area contributed by atoms with E-state index in [1.807, 2.05) is 32.2 Å². The van der Waals surface area contributed by atoms with Crippen LogP contribution in [0.15, 0.2) is 41.4 Å². The first-order chi connectivity index (χ1) is 11.2. The molecule has 0 radical (unpaired) electrons. The van der Waals surface area contributed by atoms with Crippen molar-refractivity contribution in [3.05, 3.63) is 59.0 Å². The molecule has 0 aliphatic heterocycles. The van der Waals surface area contributed by atoms with Crippen LogP contribution in [0.1, 0.15) is 35.4 Å². The standard InChI is InChI=1S/C18H20FN3S.2ClH/c1-3-16-15(19)11-14(12-20)18(22-16)23-17(9-10-21-2)13-7-5-4-6-8-13;;/h4-8,11,17,21H,3,9-10H2,1-2H3;2*1H/t17-;;/m1../s1. The molecule has 1 heterocycles. The van der Waals surface area contributed by atoms with Crippen LogP contribution in [0.4, 0.5) is 4.39 Å². The Morgan fingerprint density at radius 3 is 2.52 bits per heavy atom. The molecule has 0 aliphatic rings. The number of aromatic nitrogens is 1. The summed E-state index contributed by atoms with van der Waals surface area (Å²) in [5.41, 5.74) is 1.89. The lowest BCUT2D eigenvalue weighted by molar-refractivity contribution is 0.595. The SMILES string of the molecule is CCc1nc(S[C@H](CCNC)c2ccccc2)c(C#N)cc1F.Cl.Cl. The van der Waals surface area contributed by atoms with Gasteiger partial charge >= 0.3 is 0 Å². The molecule has 136 valence electrons. The van der Waals surface area contributed by atoms with Crippen molar-refractivity contribution in [1.29, 1.82) is 5.26 Å². The average Bonchev–Trinajstić information content (AvgIpc) is 2.60. The predicted octanol–water partition coefficient (Wildman–Crippen LogP) is 4.94. The van der Waals surface area contributed by atoms with E-state index in [2.05, 4.69) is 28.5 Å². The van der Waals surface area contributed by atoms with Gasteiger partial charge in [-0.25, -0.2) is 9.37 Å². The molecular formula is C18H22Cl2FN3S. The number of aryl methyl sites for hydroxylation is 1. The number of halogens is 3. The maximum atomic E-state index is 13.8. The predicted molar refractivity (Wildman–Crippen MR) is 106 cm³/mol. The number of rotatable bonds is 7. The number of hydrogen-bond donors (Lipinski definition) is 1. The van der Waals surface area contributed by atoms with E-state index in [0.717, 1.165) is 13.0 Å². The quantitative estimate of drug-likeness (QED) is 0.667. The van der Waals surface area contributed by atoms with Crippen LogP contribution in [0.3, 0.4) is 0 Å². The molecule has 0 bridgehead atoms. The summed E-state index contributed by atoms with van der Waals surface area (Å²) < 4.78 is 13.8. The second kappa shape index (κ2) is 12.1. The lowest BCUT2D eigenvalue weighted by Gasteiger charge is -2.17. The molecule has 3 nitrogen and oxygen atoms in total. The Morgan fingerprint density at radius 1 is 1.28 bits per heavy atom. The molecule has 1 atom stereocenters. The van der Waals surface area contributed by atoms with E-state index in [-0.39, 0.29) is 30.1 Å². The number of pyridine rings is 1. The number of nitrogens with zero attached hydrogens (tertiary/aromatic N) is 2. The molecule has 7 heteroatoms. The summed E-state index contributed by atoms with van der Waals surface area (Å²) in [6.45, 7) is 2.72. The zero-order chi connectivity index (χ0) is 16.7. The molecule has 1 aromatic heterocycles. The number of nitriles is 1. The highest BCUT2D eigenvalue weighted by Gasteiger charge is 2.18. The number of thioether (sulfide) groups is 1. The van der Waals surface area contributed by atoms with Crippen molar-refractivity contribution >= 4 is 36.6 Å². The normalized spacial score (nSPS) is 11.0.